The van der Waals surface area contributed by atoms with Crippen LogP contribution in [0.4, 0.5) is 0 Å². The monoisotopic (exact) mass is 267 g/mol. The summed E-state index contributed by atoms with van der Waals surface area (Å²) in [6, 6.07) is 6.37. The summed E-state index contributed by atoms with van der Waals surface area (Å²) < 4.78 is 21.6. The number of rotatable bonds is 1. The summed E-state index contributed by atoms with van der Waals surface area (Å²) in [6.07, 6.45) is 0. The Balaban J connectivity index is 0.00000144. The number of benzene rings is 1. The largest absolute Gasteiger partial charge is 1.00 e. The van der Waals surface area contributed by atoms with Crippen LogP contribution >= 0.6 is 15.9 Å². The van der Waals surface area contributed by atoms with Crippen LogP contribution in [0, 0.1) is 11.3 Å². The van der Waals surface area contributed by atoms with E-state index in [9.17, 15) is 8.76 Å². The van der Waals surface area contributed by atoms with Gasteiger partial charge < -0.3 is 4.55 Å². The average Bonchev–Trinajstić information content (AvgIpc) is 2.03. The number of nitrogens with zero attached hydrogens (tertiary/aromatic N) is 1. The van der Waals surface area contributed by atoms with Crippen molar-refractivity contribution in [1.29, 1.82) is 5.26 Å². The predicted octanol–water partition coefficient (Wildman–Crippen LogP) is -1.44. The molecule has 1 rings (SSSR count). The van der Waals surface area contributed by atoms with Gasteiger partial charge in [0.15, 0.2) is 0 Å². The van der Waals surface area contributed by atoms with Crippen LogP contribution < -0.4 is 29.6 Å². The Morgan fingerprint density at radius 1 is 1.54 bits per heavy atom. The molecule has 1 unspecified atom stereocenters. The number of nitriles is 1. The van der Waals surface area contributed by atoms with Crippen molar-refractivity contribution in [2.24, 2.45) is 0 Å². The zero-order valence-corrected chi connectivity index (χ0v) is 11.2. The second-order valence-electron chi connectivity index (χ2n) is 1.96. The van der Waals surface area contributed by atoms with E-state index in [4.69, 9.17) is 5.26 Å². The third kappa shape index (κ3) is 3.17. The SMILES string of the molecule is N#Cc1c(Br)cccc1S(=O)[O-].[Na+]. The molecule has 0 bridgehead atoms. The summed E-state index contributed by atoms with van der Waals surface area (Å²) in [5, 5.41) is 8.59. The third-order valence-corrected chi connectivity index (χ3v) is 2.63. The van der Waals surface area contributed by atoms with Gasteiger partial charge in [-0.05, 0) is 39.1 Å². The minimum atomic E-state index is -2.35. The van der Waals surface area contributed by atoms with Crippen LogP contribution in [0.3, 0.4) is 0 Å². The fraction of sp³-hybridized carbons (Fsp3) is 0. The van der Waals surface area contributed by atoms with Gasteiger partial charge in [-0.1, -0.05) is 6.07 Å². The topological polar surface area (TPSA) is 63.9 Å². The normalized spacial score (nSPS) is 11.2. The molecule has 0 amide bonds. The molecule has 13 heavy (non-hydrogen) atoms. The van der Waals surface area contributed by atoms with E-state index in [-0.39, 0.29) is 40.0 Å². The van der Waals surface area contributed by atoms with E-state index in [1.54, 1.807) is 18.2 Å². The molecule has 0 fully saturated rings. The second kappa shape index (κ2) is 5.91. The quantitative estimate of drug-likeness (QED) is 0.463. The van der Waals surface area contributed by atoms with E-state index in [0.29, 0.717) is 4.47 Å². The molecule has 0 saturated heterocycles. The van der Waals surface area contributed by atoms with Crippen LogP contribution in [0.5, 0.6) is 0 Å². The van der Waals surface area contributed by atoms with Crippen LogP contribution in [0.2, 0.25) is 0 Å². The minimum Gasteiger partial charge on any atom is -0.768 e. The fourth-order valence-corrected chi connectivity index (χ4v) is 1.85. The molecule has 0 saturated carbocycles. The summed E-state index contributed by atoms with van der Waals surface area (Å²) in [6.45, 7) is 0. The molecule has 0 heterocycles. The third-order valence-electron chi connectivity index (χ3n) is 1.27. The summed E-state index contributed by atoms with van der Waals surface area (Å²) in [5.74, 6) is 0. The molecule has 1 aromatic carbocycles. The first-order chi connectivity index (χ1) is 5.66. The molecule has 1 atom stereocenters. The summed E-state index contributed by atoms with van der Waals surface area (Å²) in [4.78, 5) is 0.0203. The van der Waals surface area contributed by atoms with Crippen LogP contribution in [-0.2, 0) is 11.1 Å². The van der Waals surface area contributed by atoms with Crippen molar-refractivity contribution in [3.05, 3.63) is 28.2 Å². The van der Waals surface area contributed by atoms with Crippen molar-refractivity contribution >= 4 is 27.0 Å². The average molecular weight is 268 g/mol. The number of hydrogen-bond donors (Lipinski definition) is 0. The molecule has 0 spiro atoms. The van der Waals surface area contributed by atoms with Crippen LogP contribution in [0.15, 0.2) is 27.6 Å². The first-order valence-electron chi connectivity index (χ1n) is 2.94. The maximum Gasteiger partial charge on any atom is 1.00 e. The zero-order chi connectivity index (χ0) is 9.14. The van der Waals surface area contributed by atoms with Gasteiger partial charge in [-0.2, -0.15) is 5.26 Å². The van der Waals surface area contributed by atoms with Crippen LogP contribution in [-0.4, -0.2) is 8.76 Å². The van der Waals surface area contributed by atoms with Crippen molar-refractivity contribution in [2.75, 3.05) is 0 Å². The van der Waals surface area contributed by atoms with Gasteiger partial charge in [0.1, 0.15) is 6.07 Å². The van der Waals surface area contributed by atoms with E-state index < -0.39 is 11.1 Å². The molecular weight excluding hydrogens is 265 g/mol. The maximum absolute atomic E-state index is 10.6. The molecule has 62 valence electrons. The molecule has 0 aliphatic carbocycles. The molecule has 6 heteroatoms. The van der Waals surface area contributed by atoms with E-state index in [1.807, 2.05) is 0 Å². The van der Waals surface area contributed by atoms with Gasteiger partial charge in [0.05, 0.1) is 5.56 Å². The van der Waals surface area contributed by atoms with Gasteiger partial charge in [0.2, 0.25) is 0 Å². The molecule has 0 aromatic heterocycles. The standard InChI is InChI=1S/C7H4BrNO2S.Na/c8-6-2-1-3-7(12(10)11)5(6)4-9;/h1-3H,(H,10,11);/q;+1/p-1. The van der Waals surface area contributed by atoms with Crippen LogP contribution in [0.1, 0.15) is 5.56 Å². The molecule has 0 aliphatic heterocycles. The zero-order valence-electron chi connectivity index (χ0n) is 6.78. The van der Waals surface area contributed by atoms with E-state index in [2.05, 4.69) is 15.9 Å². The second-order valence-corrected chi connectivity index (χ2v) is 3.72. The molecule has 1 aromatic rings. The number of halogens is 1. The van der Waals surface area contributed by atoms with Gasteiger partial charge in [0.25, 0.3) is 0 Å². The first kappa shape index (κ1) is 13.3. The predicted molar refractivity (Wildman–Crippen MR) is 46.0 cm³/mol. The van der Waals surface area contributed by atoms with E-state index in [1.165, 1.54) is 6.07 Å². The Labute approximate surface area is 109 Å². The fourth-order valence-electron chi connectivity index (χ4n) is 0.752. The molecule has 0 N–H and O–H groups in total. The van der Waals surface area contributed by atoms with Crippen LogP contribution in [0.25, 0.3) is 0 Å². The Hall–Kier alpha value is 0.300. The van der Waals surface area contributed by atoms with E-state index in [0.717, 1.165) is 0 Å². The Morgan fingerprint density at radius 2 is 2.15 bits per heavy atom. The van der Waals surface area contributed by atoms with Gasteiger partial charge in [-0.3, -0.25) is 4.21 Å². The van der Waals surface area contributed by atoms with Crippen molar-refractivity contribution in [1.82, 2.24) is 0 Å². The van der Waals surface area contributed by atoms with E-state index >= 15 is 0 Å². The van der Waals surface area contributed by atoms with Gasteiger partial charge in [-0.15, -0.1) is 0 Å². The van der Waals surface area contributed by atoms with Gasteiger partial charge in [0, 0.05) is 9.37 Å². The van der Waals surface area contributed by atoms with Gasteiger partial charge in [-0.25, -0.2) is 0 Å². The molecule has 0 radical (unpaired) electrons. The summed E-state index contributed by atoms with van der Waals surface area (Å²) >= 11 is 0.727. The van der Waals surface area contributed by atoms with Crippen molar-refractivity contribution in [2.45, 2.75) is 4.90 Å². The van der Waals surface area contributed by atoms with Gasteiger partial charge >= 0.3 is 29.6 Å². The molecule has 3 nitrogen and oxygen atoms in total. The van der Waals surface area contributed by atoms with Crippen molar-refractivity contribution in [3.8, 4) is 6.07 Å². The Morgan fingerprint density at radius 3 is 2.54 bits per heavy atom. The van der Waals surface area contributed by atoms with Crippen molar-refractivity contribution in [3.63, 3.8) is 0 Å². The molecular formula is C7H3BrNNaO2S. The maximum atomic E-state index is 10.6. The smallest absolute Gasteiger partial charge is 0.768 e. The first-order valence-corrected chi connectivity index (χ1v) is 4.81. The Kier molecular flexibility index (Phi) is 6.05. The minimum absolute atomic E-state index is 0. The molecule has 0 aliphatic rings. The van der Waals surface area contributed by atoms with Crippen molar-refractivity contribution < 1.29 is 38.3 Å². The summed E-state index contributed by atoms with van der Waals surface area (Å²) in [7, 11) is 0. The number of hydrogen-bond acceptors (Lipinski definition) is 3. The Bertz CT molecular complexity index is 377. The summed E-state index contributed by atoms with van der Waals surface area (Å²) in [5.41, 5.74) is 0.144.